The molecule has 0 aliphatic heterocycles. The molecule has 1 aliphatic carbocycles. The van der Waals surface area contributed by atoms with Crippen molar-refractivity contribution in [2.24, 2.45) is 0 Å². The van der Waals surface area contributed by atoms with Gasteiger partial charge in [0.05, 0.1) is 0 Å². The number of nitrogens with zero attached hydrogens (tertiary/aromatic N) is 2. The molecule has 0 radical (unpaired) electrons. The summed E-state index contributed by atoms with van der Waals surface area (Å²) in [5.74, 6) is 1.61. The van der Waals surface area contributed by atoms with Gasteiger partial charge in [0.15, 0.2) is 0 Å². The van der Waals surface area contributed by atoms with Gasteiger partial charge in [-0.25, -0.2) is 4.98 Å². The molecule has 1 saturated carbocycles. The van der Waals surface area contributed by atoms with Gasteiger partial charge >= 0.3 is 0 Å². The Morgan fingerprint density at radius 3 is 2.59 bits per heavy atom. The van der Waals surface area contributed by atoms with Gasteiger partial charge < -0.3 is 10.6 Å². The molecular weight excluding hydrogens is 272 g/mol. The van der Waals surface area contributed by atoms with Crippen LogP contribution in [0.25, 0.3) is 0 Å². The summed E-state index contributed by atoms with van der Waals surface area (Å²) in [7, 11) is 0. The van der Waals surface area contributed by atoms with Crippen molar-refractivity contribution in [1.29, 1.82) is 0 Å². The minimum Gasteiger partial charge on any atom is -0.366 e. The summed E-state index contributed by atoms with van der Waals surface area (Å²) in [6.07, 6.45) is 8.24. The monoisotopic (exact) mass is 296 g/mol. The third-order valence-corrected chi connectivity index (χ3v) is 4.19. The molecule has 0 bridgehead atoms. The lowest BCUT2D eigenvalue weighted by molar-refractivity contribution is 0.461. The lowest BCUT2D eigenvalue weighted by Crippen LogP contribution is -2.23. The molecule has 3 rings (SSSR count). The molecule has 2 N–H and O–H groups in total. The highest BCUT2D eigenvalue weighted by molar-refractivity contribution is 5.40. The molecule has 2 aromatic rings. The molecule has 0 saturated heterocycles. The number of aryl methyl sites for hydroxylation is 1. The standard InChI is InChI=1S/C18H24N4/c1-14-7-9-15(10-8-14)13-20-17-11-12-19-18(22-17)21-16-5-3-2-4-6-16/h7-12,16H,2-6,13H2,1H3,(H2,19,20,21,22). The van der Waals surface area contributed by atoms with Gasteiger partial charge in [0.2, 0.25) is 5.95 Å². The molecular formula is C18H24N4. The topological polar surface area (TPSA) is 49.8 Å². The second kappa shape index (κ2) is 7.25. The summed E-state index contributed by atoms with van der Waals surface area (Å²) in [6, 6.07) is 11.0. The minimum atomic E-state index is 0.529. The fourth-order valence-corrected chi connectivity index (χ4v) is 2.85. The Balaban J connectivity index is 1.57. The first-order chi connectivity index (χ1) is 10.8. The number of anilines is 2. The Bertz CT molecular complexity index is 588. The lowest BCUT2D eigenvalue weighted by Gasteiger charge is -2.22. The van der Waals surface area contributed by atoms with Crippen LogP contribution < -0.4 is 10.6 Å². The number of nitrogens with one attached hydrogen (secondary N) is 2. The fraction of sp³-hybridized carbons (Fsp3) is 0.444. The average molecular weight is 296 g/mol. The van der Waals surface area contributed by atoms with E-state index in [2.05, 4.69) is 51.8 Å². The summed E-state index contributed by atoms with van der Waals surface area (Å²) < 4.78 is 0. The third kappa shape index (κ3) is 4.20. The van der Waals surface area contributed by atoms with Crippen molar-refractivity contribution in [3.05, 3.63) is 47.7 Å². The second-order valence-electron chi connectivity index (χ2n) is 6.08. The van der Waals surface area contributed by atoms with Crippen LogP contribution in [-0.4, -0.2) is 16.0 Å². The van der Waals surface area contributed by atoms with Crippen molar-refractivity contribution in [1.82, 2.24) is 9.97 Å². The van der Waals surface area contributed by atoms with Crippen molar-refractivity contribution < 1.29 is 0 Å². The zero-order chi connectivity index (χ0) is 15.2. The van der Waals surface area contributed by atoms with Crippen molar-refractivity contribution in [3.8, 4) is 0 Å². The predicted octanol–water partition coefficient (Wildman–Crippen LogP) is 4.14. The van der Waals surface area contributed by atoms with Crippen LogP contribution in [0.5, 0.6) is 0 Å². The average Bonchev–Trinajstić information content (AvgIpc) is 2.56. The van der Waals surface area contributed by atoms with Gasteiger partial charge in [-0.1, -0.05) is 49.1 Å². The highest BCUT2D eigenvalue weighted by Crippen LogP contribution is 2.20. The Hall–Kier alpha value is -2.10. The van der Waals surface area contributed by atoms with Gasteiger partial charge in [0, 0.05) is 18.8 Å². The summed E-state index contributed by atoms with van der Waals surface area (Å²) in [6.45, 7) is 2.88. The quantitative estimate of drug-likeness (QED) is 0.870. The van der Waals surface area contributed by atoms with Crippen LogP contribution in [0, 0.1) is 6.92 Å². The smallest absolute Gasteiger partial charge is 0.224 e. The van der Waals surface area contributed by atoms with E-state index in [1.165, 1.54) is 43.2 Å². The van der Waals surface area contributed by atoms with Crippen LogP contribution >= 0.6 is 0 Å². The maximum Gasteiger partial charge on any atom is 0.224 e. The van der Waals surface area contributed by atoms with E-state index < -0.39 is 0 Å². The minimum absolute atomic E-state index is 0.529. The molecule has 116 valence electrons. The van der Waals surface area contributed by atoms with E-state index in [1.54, 1.807) is 0 Å². The van der Waals surface area contributed by atoms with E-state index in [1.807, 2.05) is 12.3 Å². The number of hydrogen-bond acceptors (Lipinski definition) is 4. The van der Waals surface area contributed by atoms with Crippen LogP contribution in [0.15, 0.2) is 36.5 Å². The molecule has 4 heteroatoms. The Labute approximate surface area is 132 Å². The van der Waals surface area contributed by atoms with Crippen molar-refractivity contribution in [2.45, 2.75) is 51.6 Å². The summed E-state index contributed by atoms with van der Waals surface area (Å²) in [5, 5.41) is 6.83. The van der Waals surface area contributed by atoms with E-state index in [4.69, 9.17) is 0 Å². The zero-order valence-corrected chi connectivity index (χ0v) is 13.2. The molecule has 1 heterocycles. The van der Waals surface area contributed by atoms with E-state index in [-0.39, 0.29) is 0 Å². The molecule has 4 nitrogen and oxygen atoms in total. The molecule has 0 spiro atoms. The van der Waals surface area contributed by atoms with Crippen molar-refractivity contribution in [3.63, 3.8) is 0 Å². The highest BCUT2D eigenvalue weighted by Gasteiger charge is 2.14. The lowest BCUT2D eigenvalue weighted by atomic mass is 9.96. The Morgan fingerprint density at radius 1 is 1.05 bits per heavy atom. The predicted molar refractivity (Wildman–Crippen MR) is 91.0 cm³/mol. The van der Waals surface area contributed by atoms with Crippen LogP contribution in [0.1, 0.15) is 43.2 Å². The molecule has 0 unspecified atom stereocenters. The van der Waals surface area contributed by atoms with E-state index in [0.717, 1.165) is 18.3 Å². The summed E-state index contributed by atoms with van der Waals surface area (Å²) >= 11 is 0. The zero-order valence-electron chi connectivity index (χ0n) is 13.2. The van der Waals surface area contributed by atoms with Gasteiger partial charge in [-0.15, -0.1) is 0 Å². The molecule has 1 fully saturated rings. The van der Waals surface area contributed by atoms with E-state index in [9.17, 15) is 0 Å². The molecule has 0 atom stereocenters. The molecule has 1 aromatic heterocycles. The van der Waals surface area contributed by atoms with Gasteiger partial charge in [0.25, 0.3) is 0 Å². The first-order valence-electron chi connectivity index (χ1n) is 8.18. The first-order valence-corrected chi connectivity index (χ1v) is 8.18. The Morgan fingerprint density at radius 2 is 1.82 bits per heavy atom. The number of aromatic nitrogens is 2. The Kier molecular flexibility index (Phi) is 4.88. The van der Waals surface area contributed by atoms with Gasteiger partial charge in [0.1, 0.15) is 5.82 Å². The number of benzene rings is 1. The van der Waals surface area contributed by atoms with Gasteiger partial charge in [-0.2, -0.15) is 4.98 Å². The van der Waals surface area contributed by atoms with Crippen LogP contribution in [0.3, 0.4) is 0 Å². The molecule has 0 amide bonds. The summed E-state index contributed by atoms with van der Waals surface area (Å²) in [4.78, 5) is 8.90. The van der Waals surface area contributed by atoms with Crippen LogP contribution in [-0.2, 0) is 6.54 Å². The van der Waals surface area contributed by atoms with Crippen LogP contribution in [0.4, 0.5) is 11.8 Å². The first kappa shape index (κ1) is 14.8. The summed E-state index contributed by atoms with van der Waals surface area (Å²) in [5.41, 5.74) is 2.54. The van der Waals surface area contributed by atoms with E-state index in [0.29, 0.717) is 6.04 Å². The third-order valence-electron chi connectivity index (χ3n) is 4.19. The maximum atomic E-state index is 4.57. The van der Waals surface area contributed by atoms with E-state index >= 15 is 0 Å². The SMILES string of the molecule is Cc1ccc(CNc2ccnc(NC3CCCCC3)n2)cc1. The van der Waals surface area contributed by atoms with Gasteiger partial charge in [-0.05, 0) is 31.4 Å². The second-order valence-corrected chi connectivity index (χ2v) is 6.08. The maximum absolute atomic E-state index is 4.57. The van der Waals surface area contributed by atoms with Crippen LogP contribution in [0.2, 0.25) is 0 Å². The van der Waals surface area contributed by atoms with Crippen molar-refractivity contribution in [2.75, 3.05) is 10.6 Å². The van der Waals surface area contributed by atoms with Crippen molar-refractivity contribution >= 4 is 11.8 Å². The molecule has 1 aliphatic rings. The normalized spacial score (nSPS) is 15.5. The molecule has 1 aromatic carbocycles. The molecule has 22 heavy (non-hydrogen) atoms. The number of rotatable bonds is 5. The largest absolute Gasteiger partial charge is 0.366 e. The fourth-order valence-electron chi connectivity index (χ4n) is 2.85. The number of hydrogen-bond donors (Lipinski definition) is 2. The van der Waals surface area contributed by atoms with Gasteiger partial charge in [-0.3, -0.25) is 0 Å². The highest BCUT2D eigenvalue weighted by atomic mass is 15.1.